The number of rotatable bonds is 7. The number of likely N-dealkylation sites (tertiary alicyclic amines) is 1. The third-order valence-electron chi connectivity index (χ3n) is 4.39. The Morgan fingerprint density at radius 3 is 2.57 bits per heavy atom. The molecule has 0 amide bonds. The summed E-state index contributed by atoms with van der Waals surface area (Å²) in [6.45, 7) is 7.39. The van der Waals surface area contributed by atoms with Crippen molar-refractivity contribution in [2.45, 2.75) is 45.8 Å². The van der Waals surface area contributed by atoms with Crippen molar-refractivity contribution in [3.05, 3.63) is 27.9 Å². The van der Waals surface area contributed by atoms with Gasteiger partial charge in [-0.25, -0.2) is 8.78 Å². The first-order valence-corrected chi connectivity index (χ1v) is 8.79. The van der Waals surface area contributed by atoms with Crippen LogP contribution in [-0.4, -0.2) is 46.7 Å². The molecule has 0 saturated carbocycles. The van der Waals surface area contributed by atoms with Gasteiger partial charge in [0, 0.05) is 36.3 Å². The van der Waals surface area contributed by atoms with Crippen LogP contribution in [0.2, 0.25) is 0 Å². The fourth-order valence-electron chi connectivity index (χ4n) is 3.18. The monoisotopic (exact) mass is 345 g/mol. The van der Waals surface area contributed by atoms with Crippen LogP contribution in [0.25, 0.3) is 0 Å². The Morgan fingerprint density at radius 1 is 1.39 bits per heavy atom. The Hall–Kier alpha value is -0.920. The molecule has 7 heteroatoms. The molecule has 2 rings (SSSR count). The molecule has 1 aromatic rings. The molecule has 130 valence electrons. The van der Waals surface area contributed by atoms with Crippen molar-refractivity contribution in [2.75, 3.05) is 26.0 Å². The number of aromatic nitrogens is 2. The predicted molar refractivity (Wildman–Crippen MR) is 89.6 cm³/mol. The van der Waals surface area contributed by atoms with Crippen LogP contribution in [0.15, 0.2) is 16.7 Å². The normalized spacial score (nSPS) is 18.1. The van der Waals surface area contributed by atoms with Crippen LogP contribution in [0.3, 0.4) is 0 Å². The molecule has 0 radical (unpaired) electrons. The lowest BCUT2D eigenvalue weighted by atomic mass is 9.88. The van der Waals surface area contributed by atoms with Gasteiger partial charge in [0.15, 0.2) is 6.86 Å². The van der Waals surface area contributed by atoms with Gasteiger partial charge in [-0.05, 0) is 33.6 Å². The molecular formula is C16H25F2N3OS. The number of nitrogens with one attached hydrogen (secondary N) is 1. The zero-order chi connectivity index (χ0) is 16.9. The molecule has 1 aromatic heterocycles. The first-order valence-electron chi connectivity index (χ1n) is 7.80. The number of H-pyrrole nitrogens is 1. The molecule has 0 atom stereocenters. The summed E-state index contributed by atoms with van der Waals surface area (Å²) in [5, 5.41) is 7.01. The van der Waals surface area contributed by atoms with E-state index in [1.807, 2.05) is 27.0 Å². The van der Waals surface area contributed by atoms with Crippen molar-refractivity contribution in [1.29, 1.82) is 0 Å². The summed E-state index contributed by atoms with van der Waals surface area (Å²) in [6, 6.07) is -0.518. The molecule has 23 heavy (non-hydrogen) atoms. The van der Waals surface area contributed by atoms with Gasteiger partial charge >= 0.3 is 0 Å². The van der Waals surface area contributed by atoms with Crippen LogP contribution in [-0.2, 0) is 11.3 Å². The topological polar surface area (TPSA) is 41.1 Å². The zero-order valence-corrected chi connectivity index (χ0v) is 14.8. The number of ether oxygens (including phenoxy) is 1. The lowest BCUT2D eigenvalue weighted by Gasteiger charge is -2.42. The average molecular weight is 345 g/mol. The standard InChI is InChI=1S/C16H25F2N3OS/c1-12(2)15(23-11-18)16(22-10-17)4-6-21(7-5-16)9-14-8-19-20-13(14)3/h8H,4-7,9-11H2,1-3H3,(H,19,20). The van der Waals surface area contributed by atoms with Gasteiger partial charge in [0.25, 0.3) is 0 Å². The van der Waals surface area contributed by atoms with Crippen LogP contribution in [0.1, 0.15) is 37.9 Å². The molecule has 2 heterocycles. The highest BCUT2D eigenvalue weighted by Gasteiger charge is 2.40. The van der Waals surface area contributed by atoms with Crippen molar-refractivity contribution in [1.82, 2.24) is 15.1 Å². The summed E-state index contributed by atoms with van der Waals surface area (Å²) in [6.07, 6.45) is 3.25. The number of hydrogen-bond acceptors (Lipinski definition) is 4. The molecule has 0 aromatic carbocycles. The van der Waals surface area contributed by atoms with E-state index in [4.69, 9.17) is 4.74 Å². The molecule has 1 aliphatic rings. The van der Waals surface area contributed by atoms with Crippen molar-refractivity contribution in [3.63, 3.8) is 0 Å². The summed E-state index contributed by atoms with van der Waals surface area (Å²) in [5.74, 6) is 0. The maximum atomic E-state index is 13.0. The maximum Gasteiger partial charge on any atom is 0.189 e. The van der Waals surface area contributed by atoms with E-state index in [1.54, 1.807) is 0 Å². The Labute approximate surface area is 140 Å². The Kier molecular flexibility index (Phi) is 6.61. The largest absolute Gasteiger partial charge is 0.339 e. The first-order chi connectivity index (χ1) is 11.0. The van der Waals surface area contributed by atoms with Crippen LogP contribution < -0.4 is 0 Å². The summed E-state index contributed by atoms with van der Waals surface area (Å²) in [5.41, 5.74) is 2.48. The second-order valence-electron chi connectivity index (χ2n) is 6.10. The lowest BCUT2D eigenvalue weighted by molar-refractivity contribution is -0.0885. The van der Waals surface area contributed by atoms with E-state index in [1.165, 1.54) is 5.56 Å². The van der Waals surface area contributed by atoms with Gasteiger partial charge in [0.1, 0.15) is 11.6 Å². The molecule has 1 saturated heterocycles. The predicted octanol–water partition coefficient (Wildman–Crippen LogP) is 3.95. The van der Waals surface area contributed by atoms with Gasteiger partial charge in [-0.15, -0.1) is 0 Å². The van der Waals surface area contributed by atoms with E-state index in [2.05, 4.69) is 15.1 Å². The highest BCUT2D eigenvalue weighted by molar-refractivity contribution is 8.03. The Balaban J connectivity index is 2.08. The van der Waals surface area contributed by atoms with E-state index in [0.717, 1.165) is 47.6 Å². The fourth-order valence-corrected chi connectivity index (χ4v) is 4.11. The summed E-state index contributed by atoms with van der Waals surface area (Å²) in [7, 11) is 0. The summed E-state index contributed by atoms with van der Waals surface area (Å²) < 4.78 is 31.4. The minimum atomic E-state index is -0.843. The average Bonchev–Trinajstić information content (AvgIpc) is 2.92. The zero-order valence-electron chi connectivity index (χ0n) is 14.0. The second-order valence-corrected chi connectivity index (χ2v) is 7.02. The first kappa shape index (κ1) is 18.4. The van der Waals surface area contributed by atoms with Crippen LogP contribution in [0, 0.1) is 6.92 Å². The third-order valence-corrected chi connectivity index (χ3v) is 5.57. The SMILES string of the molecule is CC(C)=C(SCF)C1(OCF)CCN(Cc2c[nH]nc2C)CC1. The van der Waals surface area contributed by atoms with Gasteiger partial charge in [-0.3, -0.25) is 10.00 Å². The highest BCUT2D eigenvalue weighted by Crippen LogP contribution is 2.41. The highest BCUT2D eigenvalue weighted by atomic mass is 32.2. The number of piperidine rings is 1. The van der Waals surface area contributed by atoms with Crippen molar-refractivity contribution >= 4 is 11.8 Å². The number of alkyl halides is 2. The molecule has 1 aliphatic heterocycles. The molecule has 4 nitrogen and oxygen atoms in total. The van der Waals surface area contributed by atoms with E-state index < -0.39 is 18.5 Å². The van der Waals surface area contributed by atoms with E-state index in [9.17, 15) is 8.78 Å². The van der Waals surface area contributed by atoms with Gasteiger partial charge in [0.05, 0.1) is 5.69 Å². The summed E-state index contributed by atoms with van der Waals surface area (Å²) >= 11 is 1.13. The quantitative estimate of drug-likeness (QED) is 0.812. The smallest absolute Gasteiger partial charge is 0.189 e. The molecule has 0 spiro atoms. The Bertz CT molecular complexity index is 535. The molecule has 1 fully saturated rings. The van der Waals surface area contributed by atoms with Crippen LogP contribution >= 0.6 is 11.8 Å². The van der Waals surface area contributed by atoms with Gasteiger partial charge < -0.3 is 4.74 Å². The Morgan fingerprint density at radius 2 is 2.09 bits per heavy atom. The summed E-state index contributed by atoms with van der Waals surface area (Å²) in [4.78, 5) is 3.15. The molecule has 0 aliphatic carbocycles. The number of aryl methyl sites for hydroxylation is 1. The number of halogens is 2. The molecule has 0 bridgehead atoms. The van der Waals surface area contributed by atoms with Crippen molar-refractivity contribution < 1.29 is 13.5 Å². The van der Waals surface area contributed by atoms with Crippen LogP contribution in [0.4, 0.5) is 8.78 Å². The lowest BCUT2D eigenvalue weighted by Crippen LogP contribution is -2.46. The number of nitrogens with zero attached hydrogens (tertiary/aromatic N) is 2. The third kappa shape index (κ3) is 4.33. The maximum absolute atomic E-state index is 13.0. The number of thioether (sulfide) groups is 1. The van der Waals surface area contributed by atoms with E-state index in [0.29, 0.717) is 12.8 Å². The number of hydrogen-bond donors (Lipinski definition) is 1. The molecule has 0 unspecified atom stereocenters. The second kappa shape index (κ2) is 8.26. The molecular weight excluding hydrogens is 320 g/mol. The fraction of sp³-hybridized carbons (Fsp3) is 0.688. The number of aromatic amines is 1. The van der Waals surface area contributed by atoms with Crippen LogP contribution in [0.5, 0.6) is 0 Å². The molecule has 1 N–H and O–H groups in total. The van der Waals surface area contributed by atoms with Gasteiger partial charge in [-0.1, -0.05) is 17.3 Å². The van der Waals surface area contributed by atoms with E-state index >= 15 is 0 Å². The van der Waals surface area contributed by atoms with Gasteiger partial charge in [0.2, 0.25) is 0 Å². The minimum Gasteiger partial charge on any atom is -0.339 e. The van der Waals surface area contributed by atoms with Crippen molar-refractivity contribution in [3.8, 4) is 0 Å². The number of allylic oxidation sites excluding steroid dienone is 1. The van der Waals surface area contributed by atoms with E-state index in [-0.39, 0.29) is 0 Å². The van der Waals surface area contributed by atoms with Gasteiger partial charge in [-0.2, -0.15) is 5.10 Å². The van der Waals surface area contributed by atoms with Crippen molar-refractivity contribution in [2.24, 2.45) is 0 Å². The minimum absolute atomic E-state index is 0.518.